The summed E-state index contributed by atoms with van der Waals surface area (Å²) in [5.41, 5.74) is 0. The third-order valence-corrected chi connectivity index (χ3v) is 4.63. The number of rotatable bonds is 4. The lowest BCUT2D eigenvalue weighted by Crippen LogP contribution is -2.17. The monoisotopic (exact) mass is 354 g/mol. The van der Waals surface area contributed by atoms with E-state index in [1.165, 1.54) is 11.3 Å². The summed E-state index contributed by atoms with van der Waals surface area (Å²) >= 11 is 7.74. The first-order chi connectivity index (χ1) is 6.91. The first-order valence-electron chi connectivity index (χ1n) is 4.08. The second-order valence-corrected chi connectivity index (χ2v) is 6.16. The molecule has 1 aromatic heterocycles. The van der Waals surface area contributed by atoms with Gasteiger partial charge in [-0.25, -0.2) is 0 Å². The van der Waals surface area contributed by atoms with E-state index in [9.17, 15) is 9.59 Å². The lowest BCUT2D eigenvalue weighted by Gasteiger charge is -2.02. The summed E-state index contributed by atoms with van der Waals surface area (Å²) in [6.45, 7) is 1.89. The Kier molecular flexibility index (Phi) is 4.48. The predicted molar refractivity (Wildman–Crippen MR) is 66.1 cm³/mol. The Balaban J connectivity index is 2.80. The molecule has 0 aliphatic heterocycles. The van der Waals surface area contributed by atoms with E-state index >= 15 is 0 Å². The van der Waals surface area contributed by atoms with Crippen LogP contribution in [0.2, 0.25) is 0 Å². The molecule has 0 aliphatic carbocycles. The van der Waals surface area contributed by atoms with E-state index in [1.54, 1.807) is 6.07 Å². The van der Waals surface area contributed by atoms with Crippen molar-refractivity contribution < 1.29 is 14.7 Å². The van der Waals surface area contributed by atoms with Crippen molar-refractivity contribution in [3.8, 4) is 0 Å². The Morgan fingerprint density at radius 1 is 1.60 bits per heavy atom. The molecule has 0 fully saturated rings. The molecule has 6 heteroatoms. The van der Waals surface area contributed by atoms with Crippen LogP contribution in [0.3, 0.4) is 0 Å². The van der Waals surface area contributed by atoms with Gasteiger partial charge in [-0.1, -0.05) is 15.9 Å². The molecular formula is C9H8Br2O3S. The molecule has 0 bridgehead atoms. The molecule has 0 saturated carbocycles. The van der Waals surface area contributed by atoms with Crippen LogP contribution < -0.4 is 0 Å². The van der Waals surface area contributed by atoms with Crippen LogP contribution in [0.1, 0.15) is 21.0 Å². The maximum Gasteiger partial charge on any atom is 0.304 e. The van der Waals surface area contributed by atoms with Crippen LogP contribution in [0.25, 0.3) is 0 Å². The van der Waals surface area contributed by atoms with Crippen molar-refractivity contribution in [1.82, 2.24) is 0 Å². The predicted octanol–water partition coefficient (Wildman–Crippen LogP) is 3.24. The lowest BCUT2D eigenvalue weighted by atomic mass is 10.2. The maximum absolute atomic E-state index is 11.7. The number of halogens is 2. The molecule has 0 aliphatic rings. The normalized spacial score (nSPS) is 12.5. The summed E-state index contributed by atoms with van der Waals surface area (Å²) in [6.07, 6.45) is -0.201. The molecule has 1 aromatic rings. The molecule has 0 radical (unpaired) electrons. The number of Topliss-reactive ketones (excluding diaryl/α,β-unsaturated/α-hetero) is 1. The second-order valence-electron chi connectivity index (χ2n) is 2.94. The Bertz CT molecular complexity index is 381. The third-order valence-electron chi connectivity index (χ3n) is 1.74. The molecular weight excluding hydrogens is 348 g/mol. The Labute approximate surface area is 108 Å². The van der Waals surface area contributed by atoms with Crippen molar-refractivity contribution >= 4 is 54.9 Å². The van der Waals surface area contributed by atoms with Crippen LogP contribution in [-0.4, -0.2) is 21.7 Å². The highest BCUT2D eigenvalue weighted by atomic mass is 79.9. The van der Waals surface area contributed by atoms with Gasteiger partial charge in [0.05, 0.1) is 16.1 Å². The van der Waals surface area contributed by atoms with Crippen molar-refractivity contribution in [1.29, 1.82) is 0 Å². The zero-order chi connectivity index (χ0) is 11.6. The molecule has 1 atom stereocenters. The zero-order valence-corrected chi connectivity index (χ0v) is 11.8. The number of aryl methyl sites for hydroxylation is 1. The Morgan fingerprint density at radius 2 is 2.20 bits per heavy atom. The molecule has 15 heavy (non-hydrogen) atoms. The standard InChI is InChI=1S/C9H8Br2O3S/c1-4-5(10)2-7(15-4)9(14)6(11)3-8(12)13/h2,6H,3H2,1H3,(H,12,13). The van der Waals surface area contributed by atoms with E-state index in [0.717, 1.165) is 9.35 Å². The van der Waals surface area contributed by atoms with Gasteiger partial charge in [-0.15, -0.1) is 11.3 Å². The summed E-state index contributed by atoms with van der Waals surface area (Å²) in [5, 5.41) is 8.55. The number of aliphatic carboxylic acids is 1. The Hall–Kier alpha value is -0.200. The fraction of sp³-hybridized carbons (Fsp3) is 0.333. The van der Waals surface area contributed by atoms with Crippen LogP contribution >= 0.6 is 43.2 Å². The van der Waals surface area contributed by atoms with Gasteiger partial charge in [0.15, 0.2) is 5.78 Å². The van der Waals surface area contributed by atoms with Gasteiger partial charge in [0.25, 0.3) is 0 Å². The summed E-state index contributed by atoms with van der Waals surface area (Å²) in [6, 6.07) is 1.72. The number of carbonyl (C=O) groups excluding carboxylic acids is 1. The highest BCUT2D eigenvalue weighted by Crippen LogP contribution is 2.28. The fourth-order valence-electron chi connectivity index (χ4n) is 0.982. The SMILES string of the molecule is Cc1sc(C(=O)C(Br)CC(=O)O)cc1Br. The number of ketones is 1. The van der Waals surface area contributed by atoms with Gasteiger partial charge in [-0.05, 0) is 28.9 Å². The zero-order valence-electron chi connectivity index (χ0n) is 7.79. The molecule has 1 N–H and O–H groups in total. The van der Waals surface area contributed by atoms with Gasteiger partial charge in [0.1, 0.15) is 0 Å². The lowest BCUT2D eigenvalue weighted by molar-refractivity contribution is -0.136. The molecule has 3 nitrogen and oxygen atoms in total. The summed E-state index contributed by atoms with van der Waals surface area (Å²) < 4.78 is 0.880. The summed E-state index contributed by atoms with van der Waals surface area (Å²) in [4.78, 5) is 23.1. The second kappa shape index (κ2) is 5.23. The first-order valence-corrected chi connectivity index (χ1v) is 6.60. The third kappa shape index (κ3) is 3.39. The van der Waals surface area contributed by atoms with Crippen LogP contribution in [0.4, 0.5) is 0 Å². The van der Waals surface area contributed by atoms with E-state index in [4.69, 9.17) is 5.11 Å². The molecule has 0 saturated heterocycles. The summed E-state index contributed by atoms with van der Waals surface area (Å²) in [7, 11) is 0. The van der Waals surface area contributed by atoms with Crippen LogP contribution in [0.15, 0.2) is 10.5 Å². The first kappa shape index (κ1) is 12.9. The van der Waals surface area contributed by atoms with E-state index in [1.807, 2.05) is 6.92 Å². The minimum Gasteiger partial charge on any atom is -0.481 e. The molecule has 1 unspecified atom stereocenters. The summed E-state index contributed by atoms with van der Waals surface area (Å²) in [5.74, 6) is -1.17. The van der Waals surface area contributed by atoms with Gasteiger partial charge < -0.3 is 5.11 Å². The molecule has 0 amide bonds. The largest absolute Gasteiger partial charge is 0.481 e. The van der Waals surface area contributed by atoms with E-state index in [0.29, 0.717) is 4.88 Å². The minimum atomic E-state index is -0.988. The molecule has 0 spiro atoms. The van der Waals surface area contributed by atoms with Gasteiger partial charge in [-0.3, -0.25) is 9.59 Å². The maximum atomic E-state index is 11.7. The number of carbonyl (C=O) groups is 2. The van der Waals surface area contributed by atoms with E-state index in [-0.39, 0.29) is 12.2 Å². The van der Waals surface area contributed by atoms with Crippen molar-refractivity contribution in [3.05, 3.63) is 20.3 Å². The average molecular weight is 356 g/mol. The topological polar surface area (TPSA) is 54.4 Å². The van der Waals surface area contributed by atoms with Crippen LogP contribution in [-0.2, 0) is 4.79 Å². The van der Waals surface area contributed by atoms with Crippen LogP contribution in [0.5, 0.6) is 0 Å². The number of alkyl halides is 1. The van der Waals surface area contributed by atoms with E-state index in [2.05, 4.69) is 31.9 Å². The van der Waals surface area contributed by atoms with Crippen molar-refractivity contribution in [2.45, 2.75) is 18.2 Å². The number of hydrogen-bond acceptors (Lipinski definition) is 3. The number of hydrogen-bond donors (Lipinski definition) is 1. The number of carboxylic acid groups (broad SMARTS) is 1. The van der Waals surface area contributed by atoms with Gasteiger partial charge in [-0.2, -0.15) is 0 Å². The van der Waals surface area contributed by atoms with E-state index < -0.39 is 10.8 Å². The van der Waals surface area contributed by atoms with Crippen molar-refractivity contribution in [3.63, 3.8) is 0 Å². The van der Waals surface area contributed by atoms with Gasteiger partial charge >= 0.3 is 5.97 Å². The highest BCUT2D eigenvalue weighted by Gasteiger charge is 2.22. The smallest absolute Gasteiger partial charge is 0.304 e. The van der Waals surface area contributed by atoms with Crippen molar-refractivity contribution in [2.24, 2.45) is 0 Å². The quantitative estimate of drug-likeness (QED) is 0.666. The average Bonchev–Trinajstić information content (AvgIpc) is 2.44. The van der Waals surface area contributed by atoms with Gasteiger partial charge in [0, 0.05) is 9.35 Å². The molecule has 1 rings (SSSR count). The number of carboxylic acids is 1. The van der Waals surface area contributed by atoms with Crippen molar-refractivity contribution in [2.75, 3.05) is 0 Å². The highest BCUT2D eigenvalue weighted by molar-refractivity contribution is 9.10. The molecule has 1 heterocycles. The molecule has 82 valence electrons. The number of thiophene rings is 1. The van der Waals surface area contributed by atoms with Crippen LogP contribution in [0, 0.1) is 6.92 Å². The van der Waals surface area contributed by atoms with Gasteiger partial charge in [0.2, 0.25) is 0 Å². The molecule has 0 aromatic carbocycles. The Morgan fingerprint density at radius 3 is 2.60 bits per heavy atom. The minimum absolute atomic E-state index is 0.184. The fourth-order valence-corrected chi connectivity index (χ4v) is 3.19.